The molecule has 0 spiro atoms. The first-order chi connectivity index (χ1) is 11.4. The van der Waals surface area contributed by atoms with Crippen LogP contribution >= 0.6 is 11.8 Å². The predicted molar refractivity (Wildman–Crippen MR) is 91.6 cm³/mol. The highest BCUT2D eigenvalue weighted by atomic mass is 32.2. The van der Waals surface area contributed by atoms with Gasteiger partial charge in [-0.05, 0) is 19.1 Å². The first kappa shape index (κ1) is 17.7. The van der Waals surface area contributed by atoms with Crippen molar-refractivity contribution in [3.05, 3.63) is 48.0 Å². The lowest BCUT2D eigenvalue weighted by Gasteiger charge is -2.13. The van der Waals surface area contributed by atoms with Gasteiger partial charge in [0.05, 0.1) is 6.42 Å². The summed E-state index contributed by atoms with van der Waals surface area (Å²) in [5, 5.41) is 12.3. The Kier molecular flexibility index (Phi) is 5.75. The van der Waals surface area contributed by atoms with Crippen LogP contribution in [0.15, 0.2) is 42.0 Å². The summed E-state index contributed by atoms with van der Waals surface area (Å²) in [6.45, 7) is 5.68. The van der Waals surface area contributed by atoms with E-state index in [0.717, 1.165) is 17.3 Å². The van der Waals surface area contributed by atoms with Gasteiger partial charge in [0.25, 0.3) is 5.91 Å². The van der Waals surface area contributed by atoms with E-state index in [1.807, 2.05) is 19.1 Å². The first-order valence-corrected chi connectivity index (χ1v) is 8.05. The number of thioether (sulfide) groups is 1. The number of hydrazone groups is 1. The zero-order valence-electron chi connectivity index (χ0n) is 13.1. The minimum Gasteiger partial charge on any atom is -0.481 e. The number of carboxylic acid groups (broad SMARTS) is 1. The minimum atomic E-state index is -1.07. The van der Waals surface area contributed by atoms with Crippen LogP contribution in [-0.2, 0) is 9.59 Å². The fraction of sp³-hybridized carbons (Fsp3) is 0.250. The number of benzene rings is 1. The Balaban J connectivity index is 2.12. The maximum absolute atomic E-state index is 12.2. The van der Waals surface area contributed by atoms with Gasteiger partial charge < -0.3 is 5.11 Å². The maximum Gasteiger partial charge on any atom is 0.305 e. The molecule has 2 N–H and O–H groups in total. The van der Waals surface area contributed by atoms with Crippen molar-refractivity contribution in [3.63, 3.8) is 0 Å². The molecule has 1 aliphatic rings. The lowest BCUT2D eigenvalue weighted by atomic mass is 10.1. The Morgan fingerprint density at radius 3 is 2.67 bits per heavy atom. The topological polar surface area (TPSA) is 99.1 Å². The van der Waals surface area contributed by atoms with Crippen LogP contribution in [0.1, 0.15) is 22.3 Å². The number of hydrogen-bond donors (Lipinski definition) is 2. The molecule has 0 radical (unpaired) electrons. The molecule has 1 heterocycles. The maximum atomic E-state index is 12.2. The summed E-state index contributed by atoms with van der Waals surface area (Å²) >= 11 is 1.02. The minimum absolute atomic E-state index is 0.196. The number of rotatable bonds is 6. The zero-order valence-corrected chi connectivity index (χ0v) is 13.9. The standard InChI is InChI=1S/C16H17N3O4S/c1-3-8-19-15(23)12(9-13(20)21)24-16(19)18-17-14(22)11-6-4-10(2)5-7-11/h3-7,12H,1,8-9H2,2H3,(H,17,22)(H,20,21)/b18-16+/t12-/m0/s1. The lowest BCUT2D eigenvalue weighted by Crippen LogP contribution is -2.34. The summed E-state index contributed by atoms with van der Waals surface area (Å²) in [7, 11) is 0. The molecular formula is C16H17N3O4S. The molecule has 0 unspecified atom stereocenters. The molecule has 1 atom stereocenters. The highest BCUT2D eigenvalue weighted by Gasteiger charge is 2.38. The van der Waals surface area contributed by atoms with Gasteiger partial charge in [-0.25, -0.2) is 5.43 Å². The third-order valence-corrected chi connectivity index (χ3v) is 4.43. The predicted octanol–water partition coefficient (Wildman–Crippen LogP) is 1.60. The number of carbonyl (C=O) groups excluding carboxylic acids is 2. The highest BCUT2D eigenvalue weighted by molar-refractivity contribution is 8.15. The third-order valence-electron chi connectivity index (χ3n) is 3.26. The number of carbonyl (C=O) groups is 3. The number of aryl methyl sites for hydroxylation is 1. The second-order valence-corrected chi connectivity index (χ2v) is 6.31. The van der Waals surface area contributed by atoms with E-state index in [2.05, 4.69) is 17.1 Å². The lowest BCUT2D eigenvalue weighted by molar-refractivity contribution is -0.139. The van der Waals surface area contributed by atoms with Gasteiger partial charge in [-0.2, -0.15) is 0 Å². The molecular weight excluding hydrogens is 330 g/mol. The normalized spacial score (nSPS) is 18.7. The van der Waals surface area contributed by atoms with Gasteiger partial charge in [0.1, 0.15) is 5.25 Å². The largest absolute Gasteiger partial charge is 0.481 e. The van der Waals surface area contributed by atoms with Crippen molar-refractivity contribution in [2.24, 2.45) is 5.10 Å². The summed E-state index contributed by atoms with van der Waals surface area (Å²) in [4.78, 5) is 36.4. The summed E-state index contributed by atoms with van der Waals surface area (Å²) in [5.41, 5.74) is 3.87. The van der Waals surface area contributed by atoms with Crippen molar-refractivity contribution in [2.45, 2.75) is 18.6 Å². The zero-order chi connectivity index (χ0) is 17.7. The van der Waals surface area contributed by atoms with Crippen LogP contribution in [0, 0.1) is 6.92 Å². The van der Waals surface area contributed by atoms with E-state index in [-0.39, 0.29) is 24.0 Å². The molecule has 126 valence electrons. The van der Waals surface area contributed by atoms with E-state index in [1.54, 1.807) is 12.1 Å². The average Bonchev–Trinajstić information content (AvgIpc) is 2.82. The van der Waals surface area contributed by atoms with Crippen LogP contribution in [0.4, 0.5) is 0 Å². The summed E-state index contributed by atoms with van der Waals surface area (Å²) in [6, 6.07) is 6.96. The van der Waals surface area contributed by atoms with Crippen LogP contribution < -0.4 is 5.43 Å². The molecule has 0 bridgehead atoms. The van der Waals surface area contributed by atoms with E-state index in [4.69, 9.17) is 5.11 Å². The second-order valence-electron chi connectivity index (χ2n) is 5.14. The monoisotopic (exact) mass is 347 g/mol. The molecule has 7 nitrogen and oxygen atoms in total. The van der Waals surface area contributed by atoms with Crippen molar-refractivity contribution in [1.29, 1.82) is 0 Å². The van der Waals surface area contributed by atoms with Gasteiger partial charge in [-0.3, -0.25) is 19.3 Å². The van der Waals surface area contributed by atoms with Crippen LogP contribution in [0.25, 0.3) is 0 Å². The van der Waals surface area contributed by atoms with E-state index >= 15 is 0 Å². The molecule has 2 amide bonds. The molecule has 1 aromatic carbocycles. The second kappa shape index (κ2) is 7.78. The van der Waals surface area contributed by atoms with Crippen molar-refractivity contribution in [3.8, 4) is 0 Å². The van der Waals surface area contributed by atoms with Gasteiger partial charge in [-0.15, -0.1) is 11.7 Å². The Hall–Kier alpha value is -2.61. The Morgan fingerprint density at radius 2 is 2.08 bits per heavy atom. The van der Waals surface area contributed by atoms with Gasteiger partial charge in [0.15, 0.2) is 5.17 Å². The molecule has 1 saturated heterocycles. The van der Waals surface area contributed by atoms with Gasteiger partial charge in [0, 0.05) is 12.1 Å². The summed E-state index contributed by atoms with van der Waals surface area (Å²) in [5.74, 6) is -1.83. The Bertz CT molecular complexity index is 700. The molecule has 8 heteroatoms. The number of carboxylic acids is 1. The molecule has 1 aromatic rings. The number of hydrogen-bond acceptors (Lipinski definition) is 5. The quantitative estimate of drug-likeness (QED) is 0.601. The fourth-order valence-corrected chi connectivity index (χ4v) is 3.15. The molecule has 0 aromatic heterocycles. The molecule has 0 saturated carbocycles. The third kappa shape index (κ3) is 4.23. The van der Waals surface area contributed by atoms with E-state index in [9.17, 15) is 14.4 Å². The number of aliphatic carboxylic acids is 1. The van der Waals surface area contributed by atoms with Gasteiger partial charge in [0.2, 0.25) is 5.91 Å². The van der Waals surface area contributed by atoms with E-state index < -0.39 is 17.1 Å². The van der Waals surface area contributed by atoms with Crippen molar-refractivity contribution < 1.29 is 19.5 Å². The highest BCUT2D eigenvalue weighted by Crippen LogP contribution is 2.29. The first-order valence-electron chi connectivity index (χ1n) is 7.17. The molecule has 0 aliphatic carbocycles. The Labute approximate surface area is 143 Å². The van der Waals surface area contributed by atoms with Crippen LogP contribution in [0.3, 0.4) is 0 Å². The number of nitrogens with one attached hydrogen (secondary N) is 1. The fourth-order valence-electron chi connectivity index (χ4n) is 2.05. The van der Waals surface area contributed by atoms with E-state index in [0.29, 0.717) is 5.56 Å². The van der Waals surface area contributed by atoms with Crippen molar-refractivity contribution >= 4 is 34.7 Å². The summed E-state index contributed by atoms with van der Waals surface area (Å²) < 4.78 is 0. The molecule has 1 fully saturated rings. The number of amides is 2. The van der Waals surface area contributed by atoms with E-state index in [1.165, 1.54) is 11.0 Å². The van der Waals surface area contributed by atoms with Crippen molar-refractivity contribution in [1.82, 2.24) is 10.3 Å². The van der Waals surface area contributed by atoms with Crippen LogP contribution in [0.5, 0.6) is 0 Å². The van der Waals surface area contributed by atoms with Gasteiger partial charge >= 0.3 is 5.97 Å². The number of amidine groups is 1. The van der Waals surface area contributed by atoms with Crippen LogP contribution in [0.2, 0.25) is 0 Å². The smallest absolute Gasteiger partial charge is 0.305 e. The van der Waals surface area contributed by atoms with Gasteiger partial charge in [-0.1, -0.05) is 35.5 Å². The average molecular weight is 347 g/mol. The van der Waals surface area contributed by atoms with Crippen molar-refractivity contribution in [2.75, 3.05) is 6.54 Å². The molecule has 1 aliphatic heterocycles. The SMILES string of the molecule is C=CCN1C(=O)[C@H](CC(=O)O)S/C1=N/NC(=O)c1ccc(C)cc1. The summed E-state index contributed by atoms with van der Waals surface area (Å²) in [6.07, 6.45) is 1.21. The molecule has 2 rings (SSSR count). The Morgan fingerprint density at radius 1 is 1.42 bits per heavy atom. The number of nitrogens with zero attached hydrogens (tertiary/aromatic N) is 2. The van der Waals surface area contributed by atoms with Crippen LogP contribution in [-0.4, -0.2) is 44.8 Å². The molecule has 24 heavy (non-hydrogen) atoms.